The number of rotatable bonds is 8. The van der Waals surface area contributed by atoms with E-state index in [-0.39, 0.29) is 17.4 Å². The van der Waals surface area contributed by atoms with Gasteiger partial charge in [-0.25, -0.2) is 0 Å². The standard InChI is InChI=1S/C26H32N2O5/c1-16(2)33-21-10-8-7-9-19(21)23-22(25(30)26(31)28(23)14-13-27(4)5)24(29)18-11-12-20(32-6)17(3)15-18/h7-12,15-16,23,29H,13-14H2,1-6H3/b24-22-. The molecule has 1 saturated heterocycles. The maximum absolute atomic E-state index is 13.2. The molecule has 2 aromatic carbocycles. The highest BCUT2D eigenvalue weighted by Crippen LogP contribution is 2.43. The molecule has 1 amide bonds. The van der Waals surface area contributed by atoms with E-state index in [9.17, 15) is 14.7 Å². The molecule has 176 valence electrons. The van der Waals surface area contributed by atoms with Gasteiger partial charge in [-0.15, -0.1) is 0 Å². The fourth-order valence-corrected chi connectivity index (χ4v) is 3.99. The molecule has 7 nitrogen and oxygen atoms in total. The van der Waals surface area contributed by atoms with Crippen LogP contribution in [0.2, 0.25) is 0 Å². The molecule has 0 spiro atoms. The number of ketones is 1. The van der Waals surface area contributed by atoms with E-state index < -0.39 is 17.7 Å². The van der Waals surface area contributed by atoms with Crippen molar-refractivity contribution in [2.75, 3.05) is 34.3 Å². The van der Waals surface area contributed by atoms with Gasteiger partial charge in [0.1, 0.15) is 17.3 Å². The van der Waals surface area contributed by atoms with Crippen LogP contribution < -0.4 is 9.47 Å². The van der Waals surface area contributed by atoms with Crippen LogP contribution in [-0.2, 0) is 9.59 Å². The number of aryl methyl sites for hydroxylation is 1. The van der Waals surface area contributed by atoms with Crippen LogP contribution in [0.25, 0.3) is 5.76 Å². The van der Waals surface area contributed by atoms with Crippen LogP contribution in [-0.4, -0.2) is 67.0 Å². The predicted molar refractivity (Wildman–Crippen MR) is 128 cm³/mol. The Morgan fingerprint density at radius 1 is 1.12 bits per heavy atom. The van der Waals surface area contributed by atoms with Crippen molar-refractivity contribution in [1.82, 2.24) is 9.80 Å². The molecular formula is C26H32N2O5. The number of aliphatic hydroxyl groups excluding tert-OH is 1. The van der Waals surface area contributed by atoms with Crippen LogP contribution in [0, 0.1) is 6.92 Å². The third kappa shape index (κ3) is 5.03. The van der Waals surface area contributed by atoms with Gasteiger partial charge in [0.25, 0.3) is 11.7 Å². The van der Waals surface area contributed by atoms with Crippen molar-refractivity contribution in [3.05, 3.63) is 64.7 Å². The Kier molecular flexibility index (Phi) is 7.43. The summed E-state index contributed by atoms with van der Waals surface area (Å²) >= 11 is 0. The van der Waals surface area contributed by atoms with Crippen LogP contribution in [0.3, 0.4) is 0 Å². The fourth-order valence-electron chi connectivity index (χ4n) is 3.99. The summed E-state index contributed by atoms with van der Waals surface area (Å²) in [6.07, 6.45) is -0.0977. The maximum atomic E-state index is 13.2. The molecule has 3 rings (SSSR count). The number of carbonyl (C=O) groups excluding carboxylic acids is 2. The van der Waals surface area contributed by atoms with E-state index in [1.165, 1.54) is 4.90 Å². The molecule has 0 aliphatic carbocycles. The molecule has 0 bridgehead atoms. The number of benzene rings is 2. The first-order valence-corrected chi connectivity index (χ1v) is 11.0. The van der Waals surface area contributed by atoms with E-state index in [1.807, 2.05) is 64.0 Å². The Morgan fingerprint density at radius 3 is 2.42 bits per heavy atom. The highest BCUT2D eigenvalue weighted by molar-refractivity contribution is 6.46. The van der Waals surface area contributed by atoms with E-state index in [0.717, 1.165) is 5.56 Å². The maximum Gasteiger partial charge on any atom is 0.295 e. The van der Waals surface area contributed by atoms with E-state index in [0.29, 0.717) is 35.7 Å². The van der Waals surface area contributed by atoms with Gasteiger partial charge in [-0.2, -0.15) is 0 Å². The van der Waals surface area contributed by atoms with Crippen molar-refractivity contribution in [2.24, 2.45) is 0 Å². The largest absolute Gasteiger partial charge is 0.507 e. The summed E-state index contributed by atoms with van der Waals surface area (Å²) in [5.74, 6) is -0.302. The molecule has 0 saturated carbocycles. The molecule has 33 heavy (non-hydrogen) atoms. The van der Waals surface area contributed by atoms with Gasteiger partial charge in [0.2, 0.25) is 0 Å². The third-order valence-corrected chi connectivity index (χ3v) is 5.57. The first kappa shape index (κ1) is 24.3. The quantitative estimate of drug-likeness (QED) is 0.373. The third-order valence-electron chi connectivity index (χ3n) is 5.57. The normalized spacial score (nSPS) is 17.8. The number of likely N-dealkylation sites (N-methyl/N-ethyl adjacent to an activating group) is 1. The Balaban J connectivity index is 2.20. The van der Waals surface area contributed by atoms with Gasteiger partial charge in [0.15, 0.2) is 0 Å². The number of hydrogen-bond donors (Lipinski definition) is 1. The van der Waals surface area contributed by atoms with E-state index in [2.05, 4.69) is 0 Å². The fraction of sp³-hybridized carbons (Fsp3) is 0.385. The average Bonchev–Trinajstić information content (AvgIpc) is 3.01. The summed E-state index contributed by atoms with van der Waals surface area (Å²) in [5, 5.41) is 11.3. The summed E-state index contributed by atoms with van der Waals surface area (Å²) in [6, 6.07) is 11.7. The first-order chi connectivity index (χ1) is 15.6. The molecule has 1 atom stereocenters. The van der Waals surface area contributed by atoms with Crippen molar-refractivity contribution in [1.29, 1.82) is 0 Å². The molecule has 7 heteroatoms. The number of amides is 1. The summed E-state index contributed by atoms with van der Waals surface area (Å²) < 4.78 is 11.3. The second kappa shape index (κ2) is 10.1. The topological polar surface area (TPSA) is 79.3 Å². The number of para-hydroxylation sites is 1. The molecule has 1 unspecified atom stereocenters. The highest BCUT2D eigenvalue weighted by Gasteiger charge is 2.47. The van der Waals surface area contributed by atoms with Gasteiger partial charge in [0, 0.05) is 24.2 Å². The molecule has 0 aromatic heterocycles. The molecule has 1 fully saturated rings. The lowest BCUT2D eigenvalue weighted by atomic mass is 9.94. The lowest BCUT2D eigenvalue weighted by Gasteiger charge is -2.28. The van der Waals surface area contributed by atoms with Crippen LogP contribution in [0.1, 0.15) is 36.6 Å². The zero-order valence-corrected chi connectivity index (χ0v) is 20.1. The number of ether oxygens (including phenoxy) is 2. The summed E-state index contributed by atoms with van der Waals surface area (Å²) in [7, 11) is 5.38. The van der Waals surface area contributed by atoms with Gasteiger partial charge in [0.05, 0.1) is 24.8 Å². The Bertz CT molecular complexity index is 1070. The number of aliphatic hydroxyl groups is 1. The summed E-state index contributed by atoms with van der Waals surface area (Å²) in [4.78, 5) is 29.8. The van der Waals surface area contributed by atoms with Gasteiger partial charge in [-0.05, 0) is 64.7 Å². The van der Waals surface area contributed by atoms with Crippen molar-refractivity contribution < 1.29 is 24.2 Å². The first-order valence-electron chi connectivity index (χ1n) is 11.0. The van der Waals surface area contributed by atoms with Crippen molar-refractivity contribution in [2.45, 2.75) is 32.9 Å². The predicted octanol–water partition coefficient (Wildman–Crippen LogP) is 3.77. The zero-order valence-electron chi connectivity index (χ0n) is 20.1. The van der Waals surface area contributed by atoms with Crippen molar-refractivity contribution in [3.8, 4) is 11.5 Å². The molecule has 1 aliphatic rings. The molecular weight excluding hydrogens is 420 g/mol. The number of likely N-dealkylation sites (tertiary alicyclic amines) is 1. The van der Waals surface area contributed by atoms with E-state index >= 15 is 0 Å². The van der Waals surface area contributed by atoms with Crippen LogP contribution in [0.15, 0.2) is 48.0 Å². The second-order valence-corrected chi connectivity index (χ2v) is 8.68. The van der Waals surface area contributed by atoms with Gasteiger partial charge in [-0.3, -0.25) is 9.59 Å². The molecule has 2 aromatic rings. The average molecular weight is 453 g/mol. The summed E-state index contributed by atoms with van der Waals surface area (Å²) in [6.45, 7) is 6.59. The lowest BCUT2D eigenvalue weighted by molar-refractivity contribution is -0.140. The van der Waals surface area contributed by atoms with Crippen molar-refractivity contribution in [3.63, 3.8) is 0 Å². The van der Waals surface area contributed by atoms with E-state index in [4.69, 9.17) is 9.47 Å². The number of hydrogen-bond acceptors (Lipinski definition) is 6. The van der Waals surface area contributed by atoms with Crippen LogP contribution >= 0.6 is 0 Å². The number of nitrogens with zero attached hydrogens (tertiary/aromatic N) is 2. The number of Topliss-reactive ketones (excluding diaryl/α,β-unsaturated/α-hetero) is 1. The molecule has 1 aliphatic heterocycles. The Hall–Kier alpha value is -3.32. The molecule has 1 heterocycles. The Morgan fingerprint density at radius 2 is 1.82 bits per heavy atom. The van der Waals surface area contributed by atoms with Crippen LogP contribution in [0.4, 0.5) is 0 Å². The lowest BCUT2D eigenvalue weighted by Crippen LogP contribution is -2.35. The van der Waals surface area contributed by atoms with Crippen LogP contribution in [0.5, 0.6) is 11.5 Å². The van der Waals surface area contributed by atoms with Gasteiger partial charge >= 0.3 is 0 Å². The smallest absolute Gasteiger partial charge is 0.295 e. The zero-order chi connectivity index (χ0) is 24.3. The monoisotopic (exact) mass is 452 g/mol. The molecule has 0 radical (unpaired) electrons. The van der Waals surface area contributed by atoms with Gasteiger partial charge < -0.3 is 24.4 Å². The van der Waals surface area contributed by atoms with E-state index in [1.54, 1.807) is 25.3 Å². The van der Waals surface area contributed by atoms with Gasteiger partial charge in [-0.1, -0.05) is 18.2 Å². The second-order valence-electron chi connectivity index (χ2n) is 8.68. The minimum Gasteiger partial charge on any atom is -0.507 e. The SMILES string of the molecule is COc1ccc(/C(O)=C2/C(=O)C(=O)N(CCN(C)C)C2c2ccccc2OC(C)C)cc1C. The summed E-state index contributed by atoms with van der Waals surface area (Å²) in [5.41, 5.74) is 1.98. The highest BCUT2D eigenvalue weighted by atomic mass is 16.5. The number of carbonyl (C=O) groups is 2. The minimum absolute atomic E-state index is 0.0585. The minimum atomic E-state index is -0.762. The number of methoxy groups -OCH3 is 1. The molecule has 1 N–H and O–H groups in total. The van der Waals surface area contributed by atoms with Crippen molar-refractivity contribution >= 4 is 17.4 Å². The Labute approximate surface area is 195 Å².